The molecule has 0 aromatic heterocycles. The van der Waals surface area contributed by atoms with Gasteiger partial charge in [-0.15, -0.1) is 0 Å². The Bertz CT molecular complexity index is 1140. The van der Waals surface area contributed by atoms with Gasteiger partial charge in [-0.3, -0.25) is 27.7 Å². The first-order valence-electron chi connectivity index (χ1n) is 18.3. The first kappa shape index (κ1) is 50.2. The summed E-state index contributed by atoms with van der Waals surface area (Å²) in [6, 6.07) is 0. The van der Waals surface area contributed by atoms with Gasteiger partial charge in [0.15, 0.2) is 6.10 Å². The molecule has 0 aliphatic heterocycles. The first-order valence-corrected chi connectivity index (χ1v) is 22.9. The number of aliphatic hydroxyl groups is 3. The average Bonchev–Trinajstić information content (AvgIpc) is 3.06. The summed E-state index contributed by atoms with van der Waals surface area (Å²) in [6.45, 7) is 2.39. The van der Waals surface area contributed by atoms with Gasteiger partial charge >= 0.3 is 35.4 Å². The molecular weight excluding hydrogens is 769 g/mol. The minimum absolute atomic E-state index is 0.0540. The Balaban J connectivity index is 2.62. The summed E-state index contributed by atoms with van der Waals surface area (Å²) in [5.41, 5.74) is 0. The zero-order valence-corrected chi connectivity index (χ0v) is 33.3. The second-order valence-corrected chi connectivity index (χ2v) is 17.0. The van der Waals surface area contributed by atoms with E-state index in [1.165, 1.54) is 64.2 Å². The van der Waals surface area contributed by atoms with E-state index in [4.69, 9.17) is 38.1 Å². The predicted molar refractivity (Wildman–Crippen MR) is 188 cm³/mol. The van der Waals surface area contributed by atoms with Gasteiger partial charge in [-0.05, 0) is 12.8 Å². The number of carbonyl (C=O) groups excluding carboxylic acids is 2. The van der Waals surface area contributed by atoms with Crippen LogP contribution < -0.4 is 0 Å². The van der Waals surface area contributed by atoms with E-state index in [0.717, 1.165) is 25.7 Å². The van der Waals surface area contributed by atoms with Crippen LogP contribution in [-0.4, -0.2) is 108 Å². The zero-order valence-electron chi connectivity index (χ0n) is 30.6. The average molecular weight is 831 g/mol. The molecule has 53 heavy (non-hydrogen) atoms. The van der Waals surface area contributed by atoms with Crippen molar-refractivity contribution in [3.8, 4) is 0 Å². The van der Waals surface area contributed by atoms with Crippen molar-refractivity contribution in [2.45, 2.75) is 172 Å². The SMILES string of the molecule is CCCCCCCCCCCCCCCCCC(=O)OC[C@H](COP(=O)(O)OC1[C@H](O)[C@H](OP(=O)(O)O)C(O)[C@H](OP(=O)(O)O)[C@H]1O)OC(=O)CCC. The number of ether oxygens (including phenoxy) is 2. The third-order valence-electron chi connectivity index (χ3n) is 8.38. The standard InChI is InChI=1S/C31H61O19P3/c1-3-5-6-7-8-9-10-11-12-13-14-15-16-17-18-20-24(32)45-21-23(47-25(33)19-4-2)22-46-53(43,44)50-31-27(35)29(48-51(37,38)39)26(34)30(28(31)36)49-52(40,41)42/h23,26-31,34-36H,3-22H2,1-2H3,(H,43,44)(H2,37,38,39)(H2,40,41,42)/t23-,26?,27-,28-,29-,30+,31?/m1/s1. The third-order valence-corrected chi connectivity index (χ3v) is 10.4. The highest BCUT2D eigenvalue weighted by atomic mass is 31.2. The van der Waals surface area contributed by atoms with Crippen LogP contribution in [0.1, 0.15) is 129 Å². The van der Waals surface area contributed by atoms with Crippen LogP contribution in [0.3, 0.4) is 0 Å². The van der Waals surface area contributed by atoms with Crippen LogP contribution in [-0.2, 0) is 50.9 Å². The van der Waals surface area contributed by atoms with Crippen molar-refractivity contribution in [2.24, 2.45) is 0 Å². The van der Waals surface area contributed by atoms with Crippen molar-refractivity contribution in [3.63, 3.8) is 0 Å². The summed E-state index contributed by atoms with van der Waals surface area (Å²) in [5.74, 6) is -1.37. The molecule has 8 atom stereocenters. The molecule has 22 heteroatoms. The molecule has 1 aliphatic carbocycles. The lowest BCUT2D eigenvalue weighted by Gasteiger charge is -2.44. The number of hydrogen-bond donors (Lipinski definition) is 8. The molecule has 1 rings (SSSR count). The Hall–Kier alpha value is -0.850. The van der Waals surface area contributed by atoms with E-state index in [1.807, 2.05) is 0 Å². The fourth-order valence-electron chi connectivity index (χ4n) is 5.68. The van der Waals surface area contributed by atoms with Crippen LogP contribution in [0.15, 0.2) is 0 Å². The molecule has 1 aliphatic rings. The monoisotopic (exact) mass is 830 g/mol. The number of phosphoric acid groups is 3. The molecule has 1 saturated carbocycles. The van der Waals surface area contributed by atoms with Gasteiger partial charge in [-0.1, -0.05) is 104 Å². The van der Waals surface area contributed by atoms with E-state index < -0.39 is 91.3 Å². The molecule has 0 aromatic rings. The van der Waals surface area contributed by atoms with Crippen molar-refractivity contribution < 1.29 is 90.6 Å². The Morgan fingerprint density at radius 2 is 0.925 bits per heavy atom. The zero-order chi connectivity index (χ0) is 40.1. The maximum absolute atomic E-state index is 12.9. The smallest absolute Gasteiger partial charge is 0.462 e. The van der Waals surface area contributed by atoms with Gasteiger partial charge in [0.2, 0.25) is 0 Å². The molecule has 0 aromatic carbocycles. The van der Waals surface area contributed by atoms with Crippen LogP contribution in [0.5, 0.6) is 0 Å². The number of hydrogen-bond acceptors (Lipinski definition) is 14. The summed E-state index contributed by atoms with van der Waals surface area (Å²) in [5, 5.41) is 31.4. The van der Waals surface area contributed by atoms with Crippen LogP contribution in [0.2, 0.25) is 0 Å². The molecule has 8 N–H and O–H groups in total. The number of rotatable bonds is 30. The van der Waals surface area contributed by atoms with Gasteiger partial charge in [0, 0.05) is 12.8 Å². The van der Waals surface area contributed by atoms with Crippen molar-refractivity contribution in [1.82, 2.24) is 0 Å². The topological polar surface area (TPSA) is 303 Å². The number of esters is 2. The van der Waals surface area contributed by atoms with E-state index in [2.05, 4.69) is 16.0 Å². The van der Waals surface area contributed by atoms with Gasteiger partial charge in [0.1, 0.15) is 43.2 Å². The largest absolute Gasteiger partial charge is 0.472 e. The molecule has 0 radical (unpaired) electrons. The maximum Gasteiger partial charge on any atom is 0.472 e. The first-order chi connectivity index (χ1) is 24.8. The Kier molecular flexibility index (Phi) is 24.7. The Morgan fingerprint density at radius 1 is 0.528 bits per heavy atom. The lowest BCUT2D eigenvalue weighted by atomic mass is 9.85. The molecule has 0 heterocycles. The Labute approximate surface area is 311 Å². The highest BCUT2D eigenvalue weighted by Gasteiger charge is 2.56. The van der Waals surface area contributed by atoms with Crippen molar-refractivity contribution in [2.75, 3.05) is 13.2 Å². The summed E-state index contributed by atoms with van der Waals surface area (Å²) in [4.78, 5) is 71.6. The summed E-state index contributed by atoms with van der Waals surface area (Å²) < 4.78 is 64.2. The van der Waals surface area contributed by atoms with Crippen LogP contribution in [0, 0.1) is 0 Å². The summed E-state index contributed by atoms with van der Waals surface area (Å²) in [7, 11) is -16.5. The summed E-state index contributed by atoms with van der Waals surface area (Å²) >= 11 is 0. The number of unbranched alkanes of at least 4 members (excludes halogenated alkanes) is 14. The number of phosphoric ester groups is 3. The minimum Gasteiger partial charge on any atom is -0.462 e. The van der Waals surface area contributed by atoms with E-state index >= 15 is 0 Å². The molecular formula is C31H61O19P3. The molecule has 314 valence electrons. The highest BCUT2D eigenvalue weighted by Crippen LogP contribution is 2.51. The van der Waals surface area contributed by atoms with Crippen molar-refractivity contribution >= 4 is 35.4 Å². The molecule has 0 amide bonds. The summed E-state index contributed by atoms with van der Waals surface area (Å²) in [6.07, 6.45) is 1.43. The molecule has 19 nitrogen and oxygen atoms in total. The minimum atomic E-state index is -5.53. The number of aliphatic hydroxyl groups excluding tert-OH is 3. The van der Waals surface area contributed by atoms with Crippen LogP contribution in [0.4, 0.5) is 0 Å². The van der Waals surface area contributed by atoms with Gasteiger partial charge in [0.05, 0.1) is 6.61 Å². The normalized spacial score (nSPS) is 24.0. The van der Waals surface area contributed by atoms with Gasteiger partial charge < -0.3 is 49.3 Å². The lowest BCUT2D eigenvalue weighted by Crippen LogP contribution is -2.65. The molecule has 3 unspecified atom stereocenters. The maximum atomic E-state index is 12.9. The van der Waals surface area contributed by atoms with Crippen LogP contribution in [0.25, 0.3) is 0 Å². The van der Waals surface area contributed by atoms with Crippen LogP contribution >= 0.6 is 23.5 Å². The fourth-order valence-corrected chi connectivity index (χ4v) is 7.79. The molecule has 0 saturated heterocycles. The predicted octanol–water partition coefficient (Wildman–Crippen LogP) is 4.06. The Morgan fingerprint density at radius 3 is 1.32 bits per heavy atom. The van der Waals surface area contributed by atoms with E-state index in [-0.39, 0.29) is 12.8 Å². The number of carbonyl (C=O) groups is 2. The quantitative estimate of drug-likeness (QED) is 0.0287. The fraction of sp³-hybridized carbons (Fsp3) is 0.935. The second-order valence-electron chi connectivity index (χ2n) is 13.2. The lowest BCUT2D eigenvalue weighted by molar-refractivity contribution is -0.213. The highest BCUT2D eigenvalue weighted by molar-refractivity contribution is 7.47. The molecule has 0 bridgehead atoms. The third kappa shape index (κ3) is 23.1. The van der Waals surface area contributed by atoms with Gasteiger partial charge in [0.25, 0.3) is 0 Å². The molecule has 1 fully saturated rings. The second kappa shape index (κ2) is 26.1. The molecule has 0 spiro atoms. The van der Waals surface area contributed by atoms with Crippen molar-refractivity contribution in [1.29, 1.82) is 0 Å². The van der Waals surface area contributed by atoms with Crippen molar-refractivity contribution in [3.05, 3.63) is 0 Å². The van der Waals surface area contributed by atoms with E-state index in [0.29, 0.717) is 12.8 Å². The van der Waals surface area contributed by atoms with E-state index in [1.54, 1.807) is 6.92 Å². The van der Waals surface area contributed by atoms with Gasteiger partial charge in [-0.2, -0.15) is 0 Å². The van der Waals surface area contributed by atoms with E-state index in [9.17, 15) is 43.5 Å². The van der Waals surface area contributed by atoms with Gasteiger partial charge in [-0.25, -0.2) is 13.7 Å².